The molecule has 0 atom stereocenters. The Labute approximate surface area is 91.7 Å². The summed E-state index contributed by atoms with van der Waals surface area (Å²) >= 11 is 0. The largest absolute Gasteiger partial charge is 0.396 e. The molecule has 0 aliphatic carbocycles. The van der Waals surface area contributed by atoms with Crippen LogP contribution in [0.5, 0.6) is 0 Å². The lowest BCUT2D eigenvalue weighted by Gasteiger charge is -2.04. The van der Waals surface area contributed by atoms with Crippen LogP contribution < -0.4 is 0 Å². The van der Waals surface area contributed by atoms with E-state index in [4.69, 9.17) is 4.84 Å². The summed E-state index contributed by atoms with van der Waals surface area (Å²) in [5, 5.41) is 3.51. The van der Waals surface area contributed by atoms with Gasteiger partial charge in [-0.1, -0.05) is 5.16 Å². The van der Waals surface area contributed by atoms with Gasteiger partial charge in [-0.25, -0.2) is 8.78 Å². The van der Waals surface area contributed by atoms with E-state index in [2.05, 4.69) is 5.16 Å². The van der Waals surface area contributed by atoms with E-state index >= 15 is 0 Å². The maximum atomic E-state index is 13.4. The Balaban J connectivity index is 3.16. The summed E-state index contributed by atoms with van der Waals surface area (Å²) in [6.07, 6.45) is 0. The number of rotatable bonds is 4. The lowest BCUT2D eigenvalue weighted by atomic mass is 10.1. The van der Waals surface area contributed by atoms with Gasteiger partial charge in [-0.15, -0.1) is 0 Å². The van der Waals surface area contributed by atoms with E-state index in [-0.39, 0.29) is 17.9 Å². The SMILES string of the molecule is CCO/N=C(/C(C)=O)c1ccc(F)cc1F. The second-order valence-corrected chi connectivity index (χ2v) is 3.04. The molecule has 0 N–H and O–H groups in total. The van der Waals surface area contributed by atoms with E-state index in [1.807, 2.05) is 0 Å². The van der Waals surface area contributed by atoms with Crippen molar-refractivity contribution in [3.8, 4) is 0 Å². The van der Waals surface area contributed by atoms with Gasteiger partial charge < -0.3 is 4.84 Å². The smallest absolute Gasteiger partial charge is 0.182 e. The zero-order valence-corrected chi connectivity index (χ0v) is 8.96. The predicted molar refractivity (Wildman–Crippen MR) is 55.2 cm³/mol. The molecule has 0 radical (unpaired) electrons. The predicted octanol–water partition coefficient (Wildman–Crippen LogP) is 2.29. The van der Waals surface area contributed by atoms with Crippen LogP contribution in [0.3, 0.4) is 0 Å². The van der Waals surface area contributed by atoms with Crippen LogP contribution in [-0.4, -0.2) is 18.1 Å². The van der Waals surface area contributed by atoms with Gasteiger partial charge in [-0.2, -0.15) is 0 Å². The summed E-state index contributed by atoms with van der Waals surface area (Å²) in [5.74, 6) is -1.99. The number of hydrogen-bond donors (Lipinski definition) is 0. The number of Topliss-reactive ketones (excluding diaryl/α,β-unsaturated/α-hetero) is 1. The van der Waals surface area contributed by atoms with Gasteiger partial charge in [0.15, 0.2) is 11.5 Å². The van der Waals surface area contributed by atoms with E-state index in [1.165, 1.54) is 6.92 Å². The van der Waals surface area contributed by atoms with Crippen LogP contribution in [0, 0.1) is 11.6 Å². The van der Waals surface area contributed by atoms with Crippen molar-refractivity contribution in [2.45, 2.75) is 13.8 Å². The molecule has 0 aliphatic heterocycles. The van der Waals surface area contributed by atoms with Crippen LogP contribution in [0.25, 0.3) is 0 Å². The van der Waals surface area contributed by atoms with Crippen LogP contribution in [-0.2, 0) is 9.63 Å². The van der Waals surface area contributed by atoms with Gasteiger partial charge in [0.25, 0.3) is 0 Å². The molecule has 1 aromatic carbocycles. The molecule has 0 aliphatic rings. The molecule has 86 valence electrons. The summed E-state index contributed by atoms with van der Waals surface area (Å²) in [4.78, 5) is 15.9. The summed E-state index contributed by atoms with van der Waals surface area (Å²) < 4.78 is 26.0. The first-order chi connectivity index (χ1) is 7.56. The minimum absolute atomic E-state index is 0.0673. The number of halogens is 2. The molecule has 16 heavy (non-hydrogen) atoms. The first-order valence-corrected chi connectivity index (χ1v) is 4.72. The van der Waals surface area contributed by atoms with E-state index in [1.54, 1.807) is 6.92 Å². The third-order valence-corrected chi connectivity index (χ3v) is 1.80. The van der Waals surface area contributed by atoms with Gasteiger partial charge in [-0.3, -0.25) is 4.79 Å². The summed E-state index contributed by atoms with van der Waals surface area (Å²) in [5.41, 5.74) is -0.221. The molecule has 0 saturated carbocycles. The van der Waals surface area contributed by atoms with Crippen molar-refractivity contribution < 1.29 is 18.4 Å². The lowest BCUT2D eigenvalue weighted by molar-refractivity contribution is -0.111. The Bertz CT molecular complexity index is 430. The Hall–Kier alpha value is -1.78. The van der Waals surface area contributed by atoms with Crippen LogP contribution >= 0.6 is 0 Å². The van der Waals surface area contributed by atoms with E-state index in [9.17, 15) is 13.6 Å². The van der Waals surface area contributed by atoms with Crippen LogP contribution in [0.2, 0.25) is 0 Å². The molecule has 0 amide bonds. The molecule has 0 heterocycles. The van der Waals surface area contributed by atoms with Crippen LogP contribution in [0.1, 0.15) is 19.4 Å². The van der Waals surface area contributed by atoms with Gasteiger partial charge in [0.2, 0.25) is 0 Å². The zero-order valence-electron chi connectivity index (χ0n) is 8.96. The third-order valence-electron chi connectivity index (χ3n) is 1.80. The highest BCUT2D eigenvalue weighted by Gasteiger charge is 2.15. The first-order valence-electron chi connectivity index (χ1n) is 4.72. The summed E-state index contributed by atoms with van der Waals surface area (Å²) in [6, 6.07) is 2.91. The van der Waals surface area contributed by atoms with Gasteiger partial charge in [0.05, 0.1) is 0 Å². The van der Waals surface area contributed by atoms with Crippen molar-refractivity contribution in [2.75, 3.05) is 6.61 Å². The maximum Gasteiger partial charge on any atom is 0.182 e. The number of nitrogens with zero attached hydrogens (tertiary/aromatic N) is 1. The maximum absolute atomic E-state index is 13.4. The molecule has 0 spiro atoms. The normalized spacial score (nSPS) is 11.4. The second-order valence-electron chi connectivity index (χ2n) is 3.04. The fourth-order valence-electron chi connectivity index (χ4n) is 1.11. The number of hydrogen-bond acceptors (Lipinski definition) is 3. The topological polar surface area (TPSA) is 38.7 Å². The van der Waals surface area contributed by atoms with Gasteiger partial charge in [-0.05, 0) is 19.1 Å². The average molecular weight is 227 g/mol. The molecule has 0 bridgehead atoms. The highest BCUT2D eigenvalue weighted by molar-refractivity contribution is 6.45. The van der Waals surface area contributed by atoms with Crippen molar-refractivity contribution in [3.63, 3.8) is 0 Å². The van der Waals surface area contributed by atoms with Gasteiger partial charge in [0, 0.05) is 18.6 Å². The van der Waals surface area contributed by atoms with Crippen LogP contribution in [0.4, 0.5) is 8.78 Å². The number of carbonyl (C=O) groups is 1. The second kappa shape index (κ2) is 5.34. The van der Waals surface area contributed by atoms with Crippen LogP contribution in [0.15, 0.2) is 23.4 Å². The van der Waals surface area contributed by atoms with Crippen molar-refractivity contribution in [1.82, 2.24) is 0 Å². The molecule has 5 heteroatoms. The fourth-order valence-corrected chi connectivity index (χ4v) is 1.11. The van der Waals surface area contributed by atoms with Crippen molar-refractivity contribution in [3.05, 3.63) is 35.4 Å². The third kappa shape index (κ3) is 2.85. The molecule has 1 rings (SSSR count). The van der Waals surface area contributed by atoms with Gasteiger partial charge in [0.1, 0.15) is 18.2 Å². The number of ketones is 1. The minimum Gasteiger partial charge on any atom is -0.396 e. The molecular weight excluding hydrogens is 216 g/mol. The molecular formula is C11H11F2NO2. The molecule has 0 fully saturated rings. The Morgan fingerprint density at radius 1 is 1.44 bits per heavy atom. The molecule has 1 aromatic rings. The first kappa shape index (κ1) is 12.3. The summed E-state index contributed by atoms with van der Waals surface area (Å²) in [7, 11) is 0. The lowest BCUT2D eigenvalue weighted by Crippen LogP contribution is -2.14. The molecule has 0 saturated heterocycles. The fraction of sp³-hybridized carbons (Fsp3) is 0.273. The molecule has 3 nitrogen and oxygen atoms in total. The zero-order chi connectivity index (χ0) is 12.1. The quantitative estimate of drug-likeness (QED) is 0.584. The number of carbonyl (C=O) groups excluding carboxylic acids is 1. The molecule has 0 aromatic heterocycles. The van der Waals surface area contributed by atoms with E-state index in [0.717, 1.165) is 12.1 Å². The standard InChI is InChI=1S/C11H11F2NO2/c1-3-16-14-11(7(2)15)9-5-4-8(12)6-10(9)13/h4-6H,3H2,1-2H3/b14-11-. The molecule has 0 unspecified atom stereocenters. The average Bonchev–Trinajstić information content (AvgIpc) is 2.20. The van der Waals surface area contributed by atoms with Gasteiger partial charge >= 0.3 is 0 Å². The number of oxime groups is 1. The monoisotopic (exact) mass is 227 g/mol. The van der Waals surface area contributed by atoms with Crippen molar-refractivity contribution in [1.29, 1.82) is 0 Å². The highest BCUT2D eigenvalue weighted by Crippen LogP contribution is 2.11. The summed E-state index contributed by atoms with van der Waals surface area (Å²) in [6.45, 7) is 3.18. The van der Waals surface area contributed by atoms with Crippen molar-refractivity contribution >= 4 is 11.5 Å². The highest BCUT2D eigenvalue weighted by atomic mass is 19.1. The van der Waals surface area contributed by atoms with Crippen molar-refractivity contribution in [2.24, 2.45) is 5.16 Å². The minimum atomic E-state index is -0.839. The van der Waals surface area contributed by atoms with E-state index in [0.29, 0.717) is 6.07 Å². The Morgan fingerprint density at radius 2 is 2.12 bits per heavy atom. The number of benzene rings is 1. The Morgan fingerprint density at radius 3 is 2.62 bits per heavy atom. The Kier molecular flexibility index (Phi) is 4.10. The van der Waals surface area contributed by atoms with E-state index < -0.39 is 17.4 Å².